The van der Waals surface area contributed by atoms with Gasteiger partial charge in [-0.1, -0.05) is 0 Å². The fourth-order valence-electron chi connectivity index (χ4n) is 2.32. The average molecular weight is 842 g/mol. The number of hydrogen-bond acceptors (Lipinski definition) is 3. The molecular weight excluding hydrogens is 838 g/mol. The van der Waals surface area contributed by atoms with Crippen molar-refractivity contribution in [3.8, 4) is 0 Å². The van der Waals surface area contributed by atoms with E-state index < -0.39 is 95.4 Å². The molecule has 0 aliphatic carbocycles. The predicted molar refractivity (Wildman–Crippen MR) is 91.1 cm³/mol. The number of aliphatic carboxylic acids is 1. The lowest BCUT2D eigenvalue weighted by atomic mass is 9.91. The monoisotopic (exact) mass is 842 g/mol. The van der Waals surface area contributed by atoms with Crippen LogP contribution in [-0.4, -0.2) is 108 Å². The lowest BCUT2D eigenvalue weighted by Crippen LogP contribution is -2.73. The molecule has 0 radical (unpaired) electrons. The van der Waals surface area contributed by atoms with E-state index in [-0.39, 0.29) is 7.11 Å². The van der Waals surface area contributed by atoms with Gasteiger partial charge in [0.2, 0.25) is 0 Å². The third kappa shape index (κ3) is 6.67. The summed E-state index contributed by atoms with van der Waals surface area (Å²) in [7, 11) is -0.172. The van der Waals surface area contributed by atoms with Gasteiger partial charge in [0.25, 0.3) is 0 Å². The molecule has 4 nitrogen and oxygen atoms in total. The molecule has 51 heavy (non-hydrogen) atoms. The highest BCUT2D eigenvalue weighted by molar-refractivity contribution is 5.79. The standard InChI is InChI=1S/C9H3F15O2.C8HF15O2/c1-26-2(25)3(10,11)4(12,13)5(14,15)6(16,17)7(18,19)8(20,21)9(22,23)24;9-2(10,1(24)25)3(11,12)4(13,14)5(15,16)6(17,18)7(19,20)8(21,22)23/h1H3;(H,24,25). The highest BCUT2D eigenvalue weighted by atomic mass is 19.4. The van der Waals surface area contributed by atoms with Crippen molar-refractivity contribution in [3.05, 3.63) is 0 Å². The normalized spacial score (nSPS) is 16.0. The number of hydrogen-bond donors (Lipinski definition) is 1. The number of carboxylic acids is 1. The number of esters is 1. The van der Waals surface area contributed by atoms with E-state index in [0.717, 1.165) is 0 Å². The zero-order chi connectivity index (χ0) is 42.9. The highest BCUT2D eigenvalue weighted by Gasteiger charge is 2.95. The van der Waals surface area contributed by atoms with Crippen LogP contribution in [0.5, 0.6) is 0 Å². The molecule has 0 aliphatic heterocycles. The maximum Gasteiger partial charge on any atom is 0.460 e. The van der Waals surface area contributed by atoms with Gasteiger partial charge in [0.05, 0.1) is 7.11 Å². The van der Waals surface area contributed by atoms with E-state index in [4.69, 9.17) is 5.11 Å². The molecule has 0 aromatic rings. The minimum absolute atomic E-state index is 0.172. The van der Waals surface area contributed by atoms with Gasteiger partial charge in [0.1, 0.15) is 0 Å². The number of carbonyl (C=O) groups excluding carboxylic acids is 1. The predicted octanol–water partition coefficient (Wildman–Crippen LogP) is 8.98. The first-order valence-corrected chi connectivity index (χ1v) is 10.4. The molecule has 0 rings (SSSR count). The SMILES string of the molecule is COC(=O)C(F)(F)C(F)(F)C(F)(F)C(F)(F)C(F)(F)C(F)(F)C(F)(F)F.O=C(O)C(F)(F)C(F)(F)C(F)(F)C(F)(F)C(F)(F)C(F)(F)C(F)(F)F. The summed E-state index contributed by atoms with van der Waals surface area (Å²) >= 11 is 0. The maximum atomic E-state index is 13.0. The van der Waals surface area contributed by atoms with Gasteiger partial charge in [-0.25, -0.2) is 9.59 Å². The fourth-order valence-corrected chi connectivity index (χ4v) is 2.32. The molecule has 0 spiro atoms. The first kappa shape index (κ1) is 50.0. The number of rotatable bonds is 12. The number of carboxylic acid groups (broad SMARTS) is 1. The van der Waals surface area contributed by atoms with E-state index in [0.29, 0.717) is 0 Å². The second-order valence-electron chi connectivity index (χ2n) is 8.68. The second kappa shape index (κ2) is 12.8. The van der Waals surface area contributed by atoms with Crippen molar-refractivity contribution in [2.24, 2.45) is 0 Å². The van der Waals surface area contributed by atoms with Gasteiger partial charge in [-0.15, -0.1) is 0 Å². The Morgan fingerprint density at radius 2 is 0.510 bits per heavy atom. The van der Waals surface area contributed by atoms with E-state index in [2.05, 4.69) is 4.74 Å². The van der Waals surface area contributed by atoms with Gasteiger partial charge >= 0.3 is 95.4 Å². The zero-order valence-electron chi connectivity index (χ0n) is 22.0. The van der Waals surface area contributed by atoms with Crippen molar-refractivity contribution in [1.82, 2.24) is 0 Å². The Morgan fingerprint density at radius 3 is 0.686 bits per heavy atom. The van der Waals surface area contributed by atoms with Crippen LogP contribution in [0, 0.1) is 0 Å². The average Bonchev–Trinajstić information content (AvgIpc) is 2.90. The quantitative estimate of drug-likeness (QED) is 0.158. The first-order chi connectivity index (χ1) is 21.4. The third-order valence-electron chi connectivity index (χ3n) is 5.37. The van der Waals surface area contributed by atoms with Crippen molar-refractivity contribution < 1.29 is 151 Å². The first-order valence-electron chi connectivity index (χ1n) is 10.4. The number of ether oxygens (including phenoxy) is 1. The Labute approximate surface area is 255 Å². The van der Waals surface area contributed by atoms with Crippen LogP contribution in [0.25, 0.3) is 0 Å². The molecule has 0 aliphatic rings. The van der Waals surface area contributed by atoms with Crippen LogP contribution in [0.15, 0.2) is 0 Å². The van der Waals surface area contributed by atoms with Gasteiger partial charge < -0.3 is 9.84 Å². The molecule has 0 saturated carbocycles. The number of halogens is 30. The van der Waals surface area contributed by atoms with Crippen LogP contribution >= 0.6 is 0 Å². The van der Waals surface area contributed by atoms with Gasteiger partial charge in [-0.3, -0.25) is 0 Å². The van der Waals surface area contributed by atoms with Crippen molar-refractivity contribution in [3.63, 3.8) is 0 Å². The largest absolute Gasteiger partial charge is 0.477 e. The van der Waals surface area contributed by atoms with Crippen molar-refractivity contribution in [2.75, 3.05) is 7.11 Å². The summed E-state index contributed by atoms with van der Waals surface area (Å²) in [5.41, 5.74) is 0. The summed E-state index contributed by atoms with van der Waals surface area (Å²) in [6, 6.07) is 0. The molecule has 0 atom stereocenters. The minimum Gasteiger partial charge on any atom is -0.477 e. The lowest BCUT2D eigenvalue weighted by molar-refractivity contribution is -0.450. The lowest BCUT2D eigenvalue weighted by Gasteiger charge is -2.40. The smallest absolute Gasteiger partial charge is 0.460 e. The maximum absolute atomic E-state index is 13.0. The summed E-state index contributed by atoms with van der Waals surface area (Å²) in [5.74, 6) is -104. The minimum atomic E-state index is -8.47. The summed E-state index contributed by atoms with van der Waals surface area (Å²) in [6.07, 6.45) is -15.4. The van der Waals surface area contributed by atoms with Crippen LogP contribution < -0.4 is 0 Å². The molecule has 0 aromatic heterocycles. The van der Waals surface area contributed by atoms with Crippen molar-refractivity contribution in [2.45, 2.75) is 83.4 Å². The van der Waals surface area contributed by atoms with Gasteiger partial charge in [0, 0.05) is 0 Å². The molecule has 1 N–H and O–H groups in total. The Bertz CT molecular complexity index is 1270. The molecule has 0 heterocycles. The number of methoxy groups -OCH3 is 1. The molecule has 34 heteroatoms. The molecule has 0 bridgehead atoms. The second-order valence-corrected chi connectivity index (χ2v) is 8.68. The summed E-state index contributed by atoms with van der Waals surface area (Å²) in [6.45, 7) is 0. The Balaban J connectivity index is 0. The van der Waals surface area contributed by atoms with E-state index in [9.17, 15) is 141 Å². The van der Waals surface area contributed by atoms with Crippen LogP contribution in [-0.2, 0) is 14.3 Å². The van der Waals surface area contributed by atoms with Gasteiger partial charge in [-0.2, -0.15) is 132 Å². The van der Waals surface area contributed by atoms with Crippen LogP contribution in [0.3, 0.4) is 0 Å². The van der Waals surface area contributed by atoms with Crippen molar-refractivity contribution in [1.29, 1.82) is 0 Å². The highest BCUT2D eigenvalue weighted by Crippen LogP contribution is 2.64. The van der Waals surface area contributed by atoms with Crippen LogP contribution in [0.2, 0.25) is 0 Å². The number of carbonyl (C=O) groups is 2. The Morgan fingerprint density at radius 1 is 0.333 bits per heavy atom. The fraction of sp³-hybridized carbons (Fsp3) is 0.882. The van der Waals surface area contributed by atoms with Crippen LogP contribution in [0.1, 0.15) is 0 Å². The van der Waals surface area contributed by atoms with E-state index in [1.807, 2.05) is 0 Å². The zero-order valence-corrected chi connectivity index (χ0v) is 22.0. The van der Waals surface area contributed by atoms with Gasteiger partial charge in [0.15, 0.2) is 0 Å². The van der Waals surface area contributed by atoms with Crippen molar-refractivity contribution >= 4 is 11.9 Å². The van der Waals surface area contributed by atoms with E-state index in [1.165, 1.54) is 0 Å². The Hall–Kier alpha value is -3.16. The summed E-state index contributed by atoms with van der Waals surface area (Å²) in [4.78, 5) is 20.0. The molecule has 0 aromatic carbocycles. The number of alkyl halides is 30. The Kier molecular flexibility index (Phi) is 12.5. The topological polar surface area (TPSA) is 63.6 Å². The van der Waals surface area contributed by atoms with E-state index >= 15 is 0 Å². The molecule has 0 unspecified atom stereocenters. The summed E-state index contributed by atoms with van der Waals surface area (Å²) in [5, 5.41) is 7.57. The van der Waals surface area contributed by atoms with E-state index in [1.54, 1.807) is 0 Å². The third-order valence-corrected chi connectivity index (χ3v) is 5.37. The molecular formula is C17H4F30O4. The van der Waals surface area contributed by atoms with Gasteiger partial charge in [-0.05, 0) is 0 Å². The van der Waals surface area contributed by atoms with Crippen LogP contribution in [0.4, 0.5) is 132 Å². The molecule has 0 saturated heterocycles. The molecule has 0 amide bonds. The summed E-state index contributed by atoms with van der Waals surface area (Å²) < 4.78 is 379. The molecule has 306 valence electrons. The molecule has 0 fully saturated rings.